The van der Waals surface area contributed by atoms with Gasteiger partial charge in [-0.05, 0) is 49.6 Å². The highest BCUT2D eigenvalue weighted by atomic mass is 35.5. The summed E-state index contributed by atoms with van der Waals surface area (Å²) in [6.07, 6.45) is 0.445. The van der Waals surface area contributed by atoms with Crippen molar-refractivity contribution in [1.82, 2.24) is 0 Å². The van der Waals surface area contributed by atoms with Crippen LogP contribution in [0.15, 0.2) is 72.8 Å². The summed E-state index contributed by atoms with van der Waals surface area (Å²) in [7, 11) is -3.51. The molecule has 1 heterocycles. The van der Waals surface area contributed by atoms with E-state index in [1.165, 1.54) is 0 Å². The van der Waals surface area contributed by atoms with E-state index >= 15 is 0 Å². The van der Waals surface area contributed by atoms with Crippen molar-refractivity contribution in [2.45, 2.75) is 25.9 Å². The third kappa shape index (κ3) is 5.22. The van der Waals surface area contributed by atoms with Gasteiger partial charge in [0.25, 0.3) is 0 Å². The van der Waals surface area contributed by atoms with Gasteiger partial charge < -0.3 is 9.05 Å². The Morgan fingerprint density at radius 1 is 0.879 bits per heavy atom. The molecule has 0 amide bonds. The fourth-order valence-electron chi connectivity index (χ4n) is 4.02. The molecule has 1 unspecified atom stereocenters. The summed E-state index contributed by atoms with van der Waals surface area (Å²) in [6, 6.07) is 24.0. The van der Waals surface area contributed by atoms with Crippen molar-refractivity contribution in [3.8, 4) is 11.1 Å². The molecule has 33 heavy (non-hydrogen) atoms. The SMILES string of the molecule is CCOP(=O)(OCC)C(Cc1ccc(Cl)c(Cl)c1)c1sc2ccccc2c1-c1ccccc1. The molecule has 0 aliphatic carbocycles. The summed E-state index contributed by atoms with van der Waals surface area (Å²) in [5.41, 5.74) is 2.57. The van der Waals surface area contributed by atoms with E-state index in [2.05, 4.69) is 24.3 Å². The maximum atomic E-state index is 14.2. The van der Waals surface area contributed by atoms with Crippen LogP contribution in [-0.4, -0.2) is 13.2 Å². The van der Waals surface area contributed by atoms with Crippen LogP contribution in [0.3, 0.4) is 0 Å². The third-order valence-electron chi connectivity index (χ3n) is 5.40. The molecular weight excluding hydrogens is 494 g/mol. The highest BCUT2D eigenvalue weighted by Crippen LogP contribution is 2.65. The lowest BCUT2D eigenvalue weighted by molar-refractivity contribution is 0.212. The minimum Gasteiger partial charge on any atom is -0.308 e. The van der Waals surface area contributed by atoms with Crippen LogP contribution < -0.4 is 0 Å². The Balaban J connectivity index is 1.95. The number of benzene rings is 3. The fourth-order valence-corrected chi connectivity index (χ4v) is 8.10. The minimum absolute atomic E-state index is 0.292. The molecule has 4 aromatic rings. The van der Waals surface area contributed by atoms with Crippen LogP contribution in [0.25, 0.3) is 21.2 Å². The van der Waals surface area contributed by atoms with Gasteiger partial charge in [-0.2, -0.15) is 0 Å². The zero-order valence-corrected chi connectivity index (χ0v) is 21.7. The van der Waals surface area contributed by atoms with Crippen LogP contribution >= 0.6 is 42.1 Å². The zero-order valence-electron chi connectivity index (χ0n) is 18.5. The van der Waals surface area contributed by atoms with Gasteiger partial charge in [0.05, 0.1) is 23.3 Å². The summed E-state index contributed by atoms with van der Waals surface area (Å²) in [5, 5.41) is 2.08. The average Bonchev–Trinajstić information content (AvgIpc) is 3.19. The number of hydrogen-bond donors (Lipinski definition) is 0. The molecule has 172 valence electrons. The normalized spacial score (nSPS) is 12.8. The smallest absolute Gasteiger partial charge is 0.308 e. The van der Waals surface area contributed by atoms with Crippen LogP contribution in [0.5, 0.6) is 0 Å². The Kier molecular flexibility index (Phi) is 7.96. The molecule has 7 heteroatoms. The van der Waals surface area contributed by atoms with E-state index in [1.807, 2.05) is 56.3 Å². The molecule has 0 spiro atoms. The van der Waals surface area contributed by atoms with Gasteiger partial charge in [-0.15, -0.1) is 11.3 Å². The largest absolute Gasteiger partial charge is 0.339 e. The molecule has 0 saturated carbocycles. The Labute approximate surface area is 208 Å². The van der Waals surface area contributed by atoms with Crippen molar-refractivity contribution in [3.05, 3.63) is 93.3 Å². The maximum Gasteiger partial charge on any atom is 0.339 e. The van der Waals surface area contributed by atoms with Crippen LogP contribution in [0.1, 0.15) is 29.9 Å². The molecule has 0 fully saturated rings. The van der Waals surface area contributed by atoms with Gasteiger partial charge in [-0.3, -0.25) is 4.57 Å². The van der Waals surface area contributed by atoms with E-state index in [0.717, 1.165) is 31.7 Å². The molecule has 0 bridgehead atoms. The molecule has 1 aromatic heterocycles. The predicted octanol–water partition coefficient (Wildman–Crippen LogP) is 9.42. The third-order valence-corrected chi connectivity index (χ3v) is 10.0. The average molecular weight is 519 g/mol. The summed E-state index contributed by atoms with van der Waals surface area (Å²) in [4.78, 5) is 0.985. The first-order chi connectivity index (χ1) is 16.0. The van der Waals surface area contributed by atoms with Gasteiger partial charge >= 0.3 is 7.60 Å². The second kappa shape index (κ2) is 10.7. The van der Waals surface area contributed by atoms with Crippen molar-refractivity contribution in [1.29, 1.82) is 0 Å². The summed E-state index contributed by atoms with van der Waals surface area (Å²) >= 11 is 14.1. The second-order valence-electron chi connectivity index (χ2n) is 7.55. The lowest BCUT2D eigenvalue weighted by Gasteiger charge is -2.27. The Morgan fingerprint density at radius 2 is 1.55 bits per heavy atom. The lowest BCUT2D eigenvalue weighted by atomic mass is 9.99. The number of fused-ring (bicyclic) bond motifs is 1. The quantitative estimate of drug-likeness (QED) is 0.207. The molecule has 3 nitrogen and oxygen atoms in total. The van der Waals surface area contributed by atoms with Crippen molar-refractivity contribution < 1.29 is 13.6 Å². The summed E-state index contributed by atoms with van der Waals surface area (Å²) in [5.74, 6) is 0. The van der Waals surface area contributed by atoms with Gasteiger partial charge in [0.2, 0.25) is 0 Å². The number of thiophene rings is 1. The first-order valence-electron chi connectivity index (χ1n) is 10.9. The maximum absolute atomic E-state index is 14.2. The summed E-state index contributed by atoms with van der Waals surface area (Å²) < 4.78 is 27.1. The van der Waals surface area contributed by atoms with E-state index in [1.54, 1.807) is 17.4 Å². The highest BCUT2D eigenvalue weighted by molar-refractivity contribution is 7.54. The van der Waals surface area contributed by atoms with E-state index < -0.39 is 13.3 Å². The molecule has 0 aliphatic heterocycles. The molecule has 0 saturated heterocycles. The monoisotopic (exact) mass is 518 g/mol. The van der Waals surface area contributed by atoms with Crippen LogP contribution in [0, 0.1) is 0 Å². The molecule has 0 N–H and O–H groups in total. The Bertz CT molecular complexity index is 1280. The number of halogens is 2. The van der Waals surface area contributed by atoms with Crippen molar-refractivity contribution in [2.24, 2.45) is 0 Å². The zero-order chi connectivity index (χ0) is 23.4. The first kappa shape index (κ1) is 24.5. The predicted molar refractivity (Wildman–Crippen MR) is 141 cm³/mol. The van der Waals surface area contributed by atoms with Gasteiger partial charge in [-0.1, -0.05) is 77.8 Å². The van der Waals surface area contributed by atoms with Gasteiger partial charge in [0.1, 0.15) is 5.66 Å². The van der Waals surface area contributed by atoms with E-state index in [4.69, 9.17) is 32.2 Å². The van der Waals surface area contributed by atoms with Gasteiger partial charge in [-0.25, -0.2) is 0 Å². The van der Waals surface area contributed by atoms with E-state index in [-0.39, 0.29) is 0 Å². The highest BCUT2D eigenvalue weighted by Gasteiger charge is 2.40. The number of hydrogen-bond acceptors (Lipinski definition) is 4. The Morgan fingerprint density at radius 3 is 2.21 bits per heavy atom. The molecule has 3 aromatic carbocycles. The van der Waals surface area contributed by atoms with Crippen LogP contribution in [0.4, 0.5) is 0 Å². The lowest BCUT2D eigenvalue weighted by Crippen LogP contribution is -2.09. The first-order valence-corrected chi connectivity index (χ1v) is 14.0. The van der Waals surface area contributed by atoms with Gasteiger partial charge in [0, 0.05) is 20.5 Å². The standard InChI is InChI=1S/C26H25Cl2O3PS/c1-3-30-32(29,31-4-2)23(17-18-14-15-21(27)22(28)16-18)26-25(19-10-6-5-7-11-19)20-12-8-9-13-24(20)33-26/h5-16,23H,3-4,17H2,1-2H3. The Hall–Kier alpha value is -1.65. The van der Waals surface area contributed by atoms with Crippen molar-refractivity contribution in [2.75, 3.05) is 13.2 Å². The van der Waals surface area contributed by atoms with Crippen LogP contribution in [-0.2, 0) is 20.0 Å². The number of rotatable bonds is 9. The minimum atomic E-state index is -3.51. The van der Waals surface area contributed by atoms with Gasteiger partial charge in [0.15, 0.2) is 0 Å². The second-order valence-corrected chi connectivity index (χ2v) is 11.7. The van der Waals surface area contributed by atoms with E-state index in [0.29, 0.717) is 29.7 Å². The molecule has 0 radical (unpaired) electrons. The fraction of sp³-hybridized carbons (Fsp3) is 0.231. The topological polar surface area (TPSA) is 35.5 Å². The van der Waals surface area contributed by atoms with Crippen molar-refractivity contribution in [3.63, 3.8) is 0 Å². The molecule has 0 aliphatic rings. The molecule has 4 rings (SSSR count). The van der Waals surface area contributed by atoms with Crippen LogP contribution in [0.2, 0.25) is 10.0 Å². The molecule has 1 atom stereocenters. The molecular formula is C26H25Cl2O3PS. The summed E-state index contributed by atoms with van der Waals surface area (Å²) in [6.45, 7) is 4.26. The van der Waals surface area contributed by atoms with E-state index in [9.17, 15) is 4.57 Å². The van der Waals surface area contributed by atoms with Crippen molar-refractivity contribution >= 4 is 52.2 Å².